The van der Waals surface area contributed by atoms with Crippen LogP contribution in [0.25, 0.3) is 10.9 Å². The number of hydrogen-bond donors (Lipinski definition) is 0. The molecule has 2 amide bonds. The van der Waals surface area contributed by atoms with E-state index in [1.54, 1.807) is 76.7 Å². The number of carbonyl (C=O) groups excluding carboxylic acids is 2. The highest BCUT2D eigenvalue weighted by atomic mass is 35.5. The zero-order valence-corrected chi connectivity index (χ0v) is 22.2. The van der Waals surface area contributed by atoms with E-state index in [0.717, 1.165) is 5.39 Å². The SMILES string of the molecule is CN(c1ccc(C(=O)N2CCN(C(=O)c3ccc(Cl)cc3)CC2)cc1)S(=O)(=O)c1cccc2cccnc12. The first kappa shape index (κ1) is 25.7. The molecule has 5 rings (SSSR count). The second-order valence-electron chi connectivity index (χ2n) is 8.94. The first-order valence-corrected chi connectivity index (χ1v) is 13.8. The third-order valence-corrected chi connectivity index (χ3v) is 8.73. The zero-order valence-electron chi connectivity index (χ0n) is 20.6. The van der Waals surface area contributed by atoms with Crippen LogP contribution in [0.3, 0.4) is 0 Å². The normalized spacial score (nSPS) is 13.9. The summed E-state index contributed by atoms with van der Waals surface area (Å²) < 4.78 is 28.0. The van der Waals surface area contributed by atoms with Gasteiger partial charge in [-0.2, -0.15) is 0 Å². The monoisotopic (exact) mass is 548 g/mol. The van der Waals surface area contributed by atoms with Crippen molar-refractivity contribution in [3.63, 3.8) is 0 Å². The van der Waals surface area contributed by atoms with Crippen molar-refractivity contribution in [1.82, 2.24) is 14.8 Å². The van der Waals surface area contributed by atoms with Gasteiger partial charge < -0.3 is 9.80 Å². The smallest absolute Gasteiger partial charge is 0.266 e. The van der Waals surface area contributed by atoms with Gasteiger partial charge >= 0.3 is 0 Å². The summed E-state index contributed by atoms with van der Waals surface area (Å²) in [5, 5.41) is 1.30. The fraction of sp³-hybridized carbons (Fsp3) is 0.179. The van der Waals surface area contributed by atoms with Gasteiger partial charge in [0.2, 0.25) is 0 Å². The maximum absolute atomic E-state index is 13.4. The number of benzene rings is 3. The van der Waals surface area contributed by atoms with Gasteiger partial charge in [0.25, 0.3) is 21.8 Å². The number of piperazine rings is 1. The summed E-state index contributed by atoms with van der Waals surface area (Å²) in [6.07, 6.45) is 1.56. The molecular weight excluding hydrogens is 524 g/mol. The minimum atomic E-state index is -3.88. The number of sulfonamides is 1. The molecule has 194 valence electrons. The number of anilines is 1. The maximum atomic E-state index is 13.4. The number of hydrogen-bond acceptors (Lipinski definition) is 5. The Hall–Kier alpha value is -3.95. The molecule has 10 heteroatoms. The van der Waals surface area contributed by atoms with E-state index in [4.69, 9.17) is 11.6 Å². The lowest BCUT2D eigenvalue weighted by Gasteiger charge is -2.35. The van der Waals surface area contributed by atoms with Gasteiger partial charge in [-0.25, -0.2) is 8.42 Å². The van der Waals surface area contributed by atoms with Crippen molar-refractivity contribution in [3.05, 3.63) is 101 Å². The lowest BCUT2D eigenvalue weighted by atomic mass is 10.1. The Bertz CT molecular complexity index is 1600. The molecule has 0 bridgehead atoms. The van der Waals surface area contributed by atoms with Crippen LogP contribution in [-0.4, -0.2) is 68.2 Å². The van der Waals surface area contributed by atoms with E-state index in [1.165, 1.54) is 17.4 Å². The Morgan fingerprint density at radius 1 is 0.789 bits per heavy atom. The van der Waals surface area contributed by atoms with Crippen LogP contribution in [0.4, 0.5) is 5.69 Å². The third-order valence-electron chi connectivity index (χ3n) is 6.66. The topological polar surface area (TPSA) is 90.9 Å². The molecule has 0 saturated carbocycles. The average molecular weight is 549 g/mol. The molecule has 0 radical (unpaired) electrons. The Labute approximate surface area is 226 Å². The molecule has 4 aromatic rings. The van der Waals surface area contributed by atoms with E-state index in [0.29, 0.717) is 53.5 Å². The first-order chi connectivity index (χ1) is 18.3. The quantitative estimate of drug-likeness (QED) is 0.371. The van der Waals surface area contributed by atoms with Crippen molar-refractivity contribution in [1.29, 1.82) is 0 Å². The maximum Gasteiger partial charge on any atom is 0.266 e. The summed E-state index contributed by atoms with van der Waals surface area (Å²) >= 11 is 5.91. The van der Waals surface area contributed by atoms with Crippen molar-refractivity contribution >= 4 is 50.0 Å². The van der Waals surface area contributed by atoms with Crippen molar-refractivity contribution in [2.75, 3.05) is 37.5 Å². The van der Waals surface area contributed by atoms with Gasteiger partial charge in [0.15, 0.2) is 0 Å². The van der Waals surface area contributed by atoms with Crippen LogP contribution in [0.15, 0.2) is 90.0 Å². The summed E-state index contributed by atoms with van der Waals surface area (Å²) in [5.41, 5.74) is 1.84. The second-order valence-corrected chi connectivity index (χ2v) is 11.3. The Morgan fingerprint density at radius 2 is 1.32 bits per heavy atom. The summed E-state index contributed by atoms with van der Waals surface area (Å²) in [6, 6.07) is 21.8. The van der Waals surface area contributed by atoms with Crippen LogP contribution in [0.5, 0.6) is 0 Å². The molecule has 38 heavy (non-hydrogen) atoms. The number of aromatic nitrogens is 1. The number of rotatable bonds is 5. The highest BCUT2D eigenvalue weighted by Gasteiger charge is 2.27. The molecule has 0 spiro atoms. The van der Waals surface area contributed by atoms with Crippen molar-refractivity contribution < 1.29 is 18.0 Å². The number of fused-ring (bicyclic) bond motifs is 1. The summed E-state index contributed by atoms with van der Waals surface area (Å²) in [7, 11) is -2.40. The van der Waals surface area contributed by atoms with Gasteiger partial charge in [-0.05, 0) is 60.7 Å². The predicted octanol–water partition coefficient (Wildman–Crippen LogP) is 4.31. The molecule has 0 atom stereocenters. The van der Waals surface area contributed by atoms with E-state index in [2.05, 4.69) is 4.98 Å². The fourth-order valence-electron chi connectivity index (χ4n) is 4.45. The number of amides is 2. The van der Waals surface area contributed by atoms with Crippen molar-refractivity contribution in [3.8, 4) is 0 Å². The second kappa shape index (κ2) is 10.4. The molecule has 0 aliphatic carbocycles. The summed E-state index contributed by atoms with van der Waals surface area (Å²) in [5.74, 6) is -0.261. The van der Waals surface area contributed by atoms with Gasteiger partial charge in [-0.15, -0.1) is 0 Å². The van der Waals surface area contributed by atoms with Gasteiger partial charge in [0, 0.05) is 61.0 Å². The van der Waals surface area contributed by atoms with Gasteiger partial charge in [0.1, 0.15) is 4.90 Å². The predicted molar refractivity (Wildman–Crippen MR) is 147 cm³/mol. The van der Waals surface area contributed by atoms with Gasteiger partial charge in [-0.3, -0.25) is 18.9 Å². The molecule has 1 aromatic heterocycles. The van der Waals surface area contributed by atoms with Crippen molar-refractivity contribution in [2.24, 2.45) is 0 Å². The average Bonchev–Trinajstić information content (AvgIpc) is 2.96. The molecule has 1 fully saturated rings. The van der Waals surface area contributed by atoms with Crippen LogP contribution in [-0.2, 0) is 10.0 Å². The summed E-state index contributed by atoms with van der Waals surface area (Å²) in [6.45, 7) is 1.65. The Morgan fingerprint density at radius 3 is 1.89 bits per heavy atom. The van der Waals surface area contributed by atoms with E-state index < -0.39 is 10.0 Å². The van der Waals surface area contributed by atoms with Crippen LogP contribution in [0.2, 0.25) is 5.02 Å². The van der Waals surface area contributed by atoms with Crippen LogP contribution in [0, 0.1) is 0 Å². The number of carbonyl (C=O) groups is 2. The molecule has 1 aliphatic rings. The Balaban J connectivity index is 1.26. The number of para-hydroxylation sites is 1. The van der Waals surface area contributed by atoms with Crippen molar-refractivity contribution in [2.45, 2.75) is 4.90 Å². The minimum absolute atomic E-state index is 0.0937. The van der Waals surface area contributed by atoms with Crippen LogP contribution >= 0.6 is 11.6 Å². The van der Waals surface area contributed by atoms with Crippen LogP contribution in [0.1, 0.15) is 20.7 Å². The molecule has 3 aromatic carbocycles. The molecular formula is C28H25ClN4O4S. The van der Waals surface area contributed by atoms with Crippen LogP contribution < -0.4 is 4.31 Å². The number of nitrogens with zero attached hydrogens (tertiary/aromatic N) is 4. The molecule has 0 unspecified atom stereocenters. The largest absolute Gasteiger partial charge is 0.335 e. The van der Waals surface area contributed by atoms with Gasteiger partial charge in [-0.1, -0.05) is 29.8 Å². The van der Waals surface area contributed by atoms with E-state index in [9.17, 15) is 18.0 Å². The first-order valence-electron chi connectivity index (χ1n) is 12.0. The lowest BCUT2D eigenvalue weighted by molar-refractivity contribution is 0.0535. The van der Waals surface area contributed by atoms with Gasteiger partial charge in [0.05, 0.1) is 11.2 Å². The van der Waals surface area contributed by atoms with E-state index >= 15 is 0 Å². The van der Waals surface area contributed by atoms with E-state index in [1.807, 2.05) is 12.1 Å². The third kappa shape index (κ3) is 4.94. The minimum Gasteiger partial charge on any atom is -0.335 e. The molecule has 2 heterocycles. The lowest BCUT2D eigenvalue weighted by Crippen LogP contribution is -2.50. The number of pyridine rings is 1. The number of halogens is 1. The zero-order chi connectivity index (χ0) is 26.9. The molecule has 1 saturated heterocycles. The molecule has 8 nitrogen and oxygen atoms in total. The highest BCUT2D eigenvalue weighted by molar-refractivity contribution is 7.93. The molecule has 1 aliphatic heterocycles. The highest BCUT2D eigenvalue weighted by Crippen LogP contribution is 2.27. The molecule has 0 N–H and O–H groups in total. The Kier molecular flexibility index (Phi) is 7.05. The fourth-order valence-corrected chi connectivity index (χ4v) is 5.94. The standard InChI is InChI=1S/C28H25ClN4O4S/c1-31(38(36,37)25-6-2-4-20-5-3-15-30-26(20)25)24-13-9-22(10-14-24)28(35)33-18-16-32(17-19-33)27(34)21-7-11-23(29)12-8-21/h2-15H,16-19H2,1H3. The summed E-state index contributed by atoms with van der Waals surface area (Å²) in [4.78, 5) is 33.6. The van der Waals surface area contributed by atoms with E-state index in [-0.39, 0.29) is 16.7 Å².